The summed E-state index contributed by atoms with van der Waals surface area (Å²) in [6.07, 6.45) is 0. The van der Waals surface area contributed by atoms with E-state index in [-0.39, 0.29) is 23.9 Å². The third-order valence-corrected chi connectivity index (χ3v) is 5.54. The molecule has 0 unspecified atom stereocenters. The zero-order valence-electron chi connectivity index (χ0n) is 19.4. The van der Waals surface area contributed by atoms with Gasteiger partial charge in [-0.25, -0.2) is 0 Å². The second-order valence-electron chi connectivity index (χ2n) is 8.60. The first-order valence-corrected chi connectivity index (χ1v) is 11.2. The van der Waals surface area contributed by atoms with Gasteiger partial charge in [0.05, 0.1) is 0 Å². The predicted octanol–water partition coefficient (Wildman–Crippen LogP) is 5.79. The monoisotopic (exact) mass is 428 g/mol. The molecular weight excluding hydrogens is 396 g/mol. The molecule has 3 aromatic rings. The van der Waals surface area contributed by atoms with E-state index in [1.54, 1.807) is 24.3 Å². The summed E-state index contributed by atoms with van der Waals surface area (Å²) in [5.41, 5.74) is 3.36. The molecule has 0 fully saturated rings. The molecule has 0 radical (unpaired) electrons. The van der Waals surface area contributed by atoms with Gasteiger partial charge >= 0.3 is 0 Å². The maximum absolute atomic E-state index is 13.2. The number of nitrogens with zero attached hydrogens (tertiary/aromatic N) is 2. The van der Waals surface area contributed by atoms with E-state index >= 15 is 0 Å². The van der Waals surface area contributed by atoms with Crippen molar-refractivity contribution in [1.82, 2.24) is 9.80 Å². The van der Waals surface area contributed by atoms with Crippen LogP contribution in [-0.2, 0) is 13.1 Å². The van der Waals surface area contributed by atoms with Crippen molar-refractivity contribution in [2.75, 3.05) is 0 Å². The van der Waals surface area contributed by atoms with E-state index in [4.69, 9.17) is 0 Å². The molecular formula is C28H32N2O2. The van der Waals surface area contributed by atoms with Gasteiger partial charge in [0.2, 0.25) is 0 Å². The Balaban J connectivity index is 1.76. The van der Waals surface area contributed by atoms with Crippen LogP contribution in [0.5, 0.6) is 0 Å². The molecule has 0 heterocycles. The van der Waals surface area contributed by atoms with Crippen LogP contribution in [-0.4, -0.2) is 33.7 Å². The summed E-state index contributed by atoms with van der Waals surface area (Å²) >= 11 is 0. The topological polar surface area (TPSA) is 40.6 Å². The fourth-order valence-corrected chi connectivity index (χ4v) is 3.63. The van der Waals surface area contributed by atoms with Gasteiger partial charge in [-0.2, -0.15) is 0 Å². The molecule has 32 heavy (non-hydrogen) atoms. The molecule has 0 bridgehead atoms. The number of amides is 2. The fraction of sp³-hybridized carbons (Fsp3) is 0.286. The van der Waals surface area contributed by atoms with Gasteiger partial charge in [0.15, 0.2) is 0 Å². The standard InChI is InChI=1S/C28H32N2O2/c1-21(2)29(19-23-11-7-5-8-12-23)27(31)25-15-17-26(18-16-25)28(32)30(22(3)4)20-24-13-9-6-10-14-24/h5-18,21-22H,19-20H2,1-4H3. The Morgan fingerprint density at radius 1 is 0.562 bits per heavy atom. The van der Waals surface area contributed by atoms with Crippen molar-refractivity contribution in [2.45, 2.75) is 52.9 Å². The molecule has 0 atom stereocenters. The number of rotatable bonds is 8. The number of hydrogen-bond donors (Lipinski definition) is 0. The summed E-state index contributed by atoms with van der Waals surface area (Å²) in [6, 6.07) is 27.1. The lowest BCUT2D eigenvalue weighted by Crippen LogP contribution is -2.37. The molecule has 0 saturated carbocycles. The van der Waals surface area contributed by atoms with Crippen molar-refractivity contribution in [3.8, 4) is 0 Å². The molecule has 3 rings (SSSR count). The van der Waals surface area contributed by atoms with Gasteiger partial charge in [0, 0.05) is 36.3 Å². The predicted molar refractivity (Wildman–Crippen MR) is 129 cm³/mol. The van der Waals surface area contributed by atoms with Crippen LogP contribution in [0.3, 0.4) is 0 Å². The van der Waals surface area contributed by atoms with Crippen molar-refractivity contribution < 1.29 is 9.59 Å². The summed E-state index contributed by atoms with van der Waals surface area (Å²) in [6.45, 7) is 9.17. The van der Waals surface area contributed by atoms with Crippen LogP contribution in [0.1, 0.15) is 59.5 Å². The Kier molecular flexibility index (Phi) is 7.82. The van der Waals surface area contributed by atoms with Gasteiger partial charge in [-0.05, 0) is 63.1 Å². The lowest BCUT2D eigenvalue weighted by atomic mass is 10.1. The molecule has 0 aliphatic rings. The van der Waals surface area contributed by atoms with Crippen molar-refractivity contribution in [3.05, 3.63) is 107 Å². The quantitative estimate of drug-likeness (QED) is 0.456. The van der Waals surface area contributed by atoms with Gasteiger partial charge in [-0.1, -0.05) is 60.7 Å². The summed E-state index contributed by atoms with van der Waals surface area (Å²) < 4.78 is 0. The zero-order chi connectivity index (χ0) is 23.1. The van der Waals surface area contributed by atoms with Crippen molar-refractivity contribution in [3.63, 3.8) is 0 Å². The molecule has 4 heteroatoms. The smallest absolute Gasteiger partial charge is 0.254 e. The Labute approximate surface area is 191 Å². The maximum Gasteiger partial charge on any atom is 0.254 e. The van der Waals surface area contributed by atoms with Gasteiger partial charge in [-0.15, -0.1) is 0 Å². The third-order valence-electron chi connectivity index (χ3n) is 5.54. The Morgan fingerprint density at radius 3 is 1.16 bits per heavy atom. The van der Waals surface area contributed by atoms with Crippen LogP contribution < -0.4 is 0 Å². The first-order chi connectivity index (χ1) is 15.4. The SMILES string of the molecule is CC(C)N(Cc1ccccc1)C(=O)c1ccc(C(=O)N(Cc2ccccc2)C(C)C)cc1. The highest BCUT2D eigenvalue weighted by Gasteiger charge is 2.22. The maximum atomic E-state index is 13.2. The minimum atomic E-state index is -0.0344. The van der Waals surface area contributed by atoms with Crippen molar-refractivity contribution in [2.24, 2.45) is 0 Å². The van der Waals surface area contributed by atoms with E-state index in [1.807, 2.05) is 98.2 Å². The number of hydrogen-bond acceptors (Lipinski definition) is 2. The lowest BCUT2D eigenvalue weighted by Gasteiger charge is -2.28. The van der Waals surface area contributed by atoms with Crippen LogP contribution in [0.15, 0.2) is 84.9 Å². The van der Waals surface area contributed by atoms with E-state index in [1.165, 1.54) is 0 Å². The Hall–Kier alpha value is -3.40. The largest absolute Gasteiger partial charge is 0.332 e. The molecule has 0 spiro atoms. The summed E-state index contributed by atoms with van der Waals surface area (Å²) in [5.74, 6) is -0.0688. The summed E-state index contributed by atoms with van der Waals surface area (Å²) in [5, 5.41) is 0. The van der Waals surface area contributed by atoms with Gasteiger partial charge < -0.3 is 9.80 Å². The van der Waals surface area contributed by atoms with Crippen LogP contribution in [0, 0.1) is 0 Å². The highest BCUT2D eigenvalue weighted by molar-refractivity contribution is 5.98. The van der Waals surface area contributed by atoms with Gasteiger partial charge in [0.1, 0.15) is 0 Å². The van der Waals surface area contributed by atoms with Crippen LogP contribution in [0.4, 0.5) is 0 Å². The minimum Gasteiger partial charge on any atom is -0.332 e. The molecule has 166 valence electrons. The molecule has 0 aliphatic carbocycles. The molecule has 2 amide bonds. The lowest BCUT2D eigenvalue weighted by molar-refractivity contribution is 0.0678. The minimum absolute atomic E-state index is 0.0344. The number of benzene rings is 3. The molecule has 3 aromatic carbocycles. The Morgan fingerprint density at radius 2 is 0.875 bits per heavy atom. The average Bonchev–Trinajstić information content (AvgIpc) is 2.81. The normalized spacial score (nSPS) is 10.9. The summed E-state index contributed by atoms with van der Waals surface area (Å²) in [7, 11) is 0. The van der Waals surface area contributed by atoms with E-state index in [9.17, 15) is 9.59 Å². The highest BCUT2D eigenvalue weighted by Crippen LogP contribution is 2.17. The fourth-order valence-electron chi connectivity index (χ4n) is 3.63. The molecule has 4 nitrogen and oxygen atoms in total. The molecule has 0 aromatic heterocycles. The van der Waals surface area contributed by atoms with Gasteiger partial charge in [0.25, 0.3) is 11.8 Å². The first kappa shape index (κ1) is 23.3. The second kappa shape index (κ2) is 10.8. The summed E-state index contributed by atoms with van der Waals surface area (Å²) in [4.78, 5) is 30.1. The number of carbonyl (C=O) groups excluding carboxylic acids is 2. The average molecular weight is 429 g/mol. The van der Waals surface area contributed by atoms with E-state index in [2.05, 4.69) is 0 Å². The molecule has 0 saturated heterocycles. The number of carbonyl (C=O) groups is 2. The zero-order valence-corrected chi connectivity index (χ0v) is 19.4. The van der Waals surface area contributed by atoms with Crippen LogP contribution in [0.25, 0.3) is 0 Å². The van der Waals surface area contributed by atoms with E-state index in [0.29, 0.717) is 24.2 Å². The van der Waals surface area contributed by atoms with E-state index in [0.717, 1.165) is 11.1 Å². The molecule has 0 aliphatic heterocycles. The van der Waals surface area contributed by atoms with Crippen LogP contribution in [0.2, 0.25) is 0 Å². The van der Waals surface area contributed by atoms with Crippen LogP contribution >= 0.6 is 0 Å². The Bertz CT molecular complexity index is 928. The van der Waals surface area contributed by atoms with Gasteiger partial charge in [-0.3, -0.25) is 9.59 Å². The van der Waals surface area contributed by atoms with Crippen molar-refractivity contribution in [1.29, 1.82) is 0 Å². The third kappa shape index (κ3) is 5.85. The van der Waals surface area contributed by atoms with E-state index < -0.39 is 0 Å². The molecule has 0 N–H and O–H groups in total. The van der Waals surface area contributed by atoms with Crippen molar-refractivity contribution >= 4 is 11.8 Å². The first-order valence-electron chi connectivity index (χ1n) is 11.2. The highest BCUT2D eigenvalue weighted by atomic mass is 16.2. The second-order valence-corrected chi connectivity index (χ2v) is 8.60.